The summed E-state index contributed by atoms with van der Waals surface area (Å²) in [5.74, 6) is 0. The molecule has 0 bridgehead atoms. The molecule has 0 radical (unpaired) electrons. The molecule has 0 saturated carbocycles. The van der Waals surface area contributed by atoms with Crippen molar-refractivity contribution < 1.29 is 4.79 Å². The van der Waals surface area contributed by atoms with Crippen molar-refractivity contribution in [3.05, 3.63) is 46.4 Å². The van der Waals surface area contributed by atoms with Crippen LogP contribution >= 0.6 is 23.1 Å². The number of nitrogens with one attached hydrogen (secondary N) is 1. The van der Waals surface area contributed by atoms with Gasteiger partial charge in [-0.05, 0) is 19.1 Å². The van der Waals surface area contributed by atoms with Crippen LogP contribution in [0.25, 0.3) is 0 Å². The van der Waals surface area contributed by atoms with Crippen molar-refractivity contribution in [2.24, 2.45) is 0 Å². The lowest BCUT2D eigenvalue weighted by molar-refractivity contribution is 0.207. The molecule has 0 fully saturated rings. The van der Waals surface area contributed by atoms with Crippen molar-refractivity contribution >= 4 is 29.1 Å². The average molecular weight is 335 g/mol. The van der Waals surface area contributed by atoms with Crippen molar-refractivity contribution in [1.29, 1.82) is 0 Å². The lowest BCUT2D eigenvalue weighted by Crippen LogP contribution is -2.39. The minimum absolute atomic E-state index is 0.0617. The highest BCUT2D eigenvalue weighted by molar-refractivity contribution is 8.00. The molecule has 1 aromatic carbocycles. The fourth-order valence-corrected chi connectivity index (χ4v) is 3.66. The molecule has 6 heteroatoms. The van der Waals surface area contributed by atoms with Gasteiger partial charge in [-0.15, -0.1) is 23.1 Å². The largest absolute Gasteiger partial charge is 0.337 e. The van der Waals surface area contributed by atoms with Crippen molar-refractivity contribution in [3.63, 3.8) is 0 Å². The summed E-state index contributed by atoms with van der Waals surface area (Å²) in [5, 5.41) is 6.25. The molecule has 1 atom stereocenters. The molecule has 2 aromatic rings. The first-order chi connectivity index (χ1) is 10.5. The van der Waals surface area contributed by atoms with E-state index >= 15 is 0 Å². The molecule has 118 valence electrons. The molecular formula is C16H21N3OS2. The highest BCUT2D eigenvalue weighted by atomic mass is 32.2. The zero-order valence-corrected chi connectivity index (χ0v) is 14.7. The van der Waals surface area contributed by atoms with Crippen molar-refractivity contribution in [2.75, 3.05) is 13.6 Å². The fraction of sp³-hybridized carbons (Fsp3) is 0.375. The molecule has 0 aliphatic carbocycles. The standard InChI is InChI=1S/C16H21N3OS2/c1-12-11-21-15(18-12)10-19(3)16(20)17-9-13(2)22-14-7-5-4-6-8-14/h4-8,11,13H,9-10H2,1-3H3,(H,17,20). The van der Waals surface area contributed by atoms with E-state index in [1.165, 1.54) is 4.90 Å². The van der Waals surface area contributed by atoms with Crippen molar-refractivity contribution in [2.45, 2.75) is 30.5 Å². The minimum atomic E-state index is -0.0617. The molecule has 1 heterocycles. The van der Waals surface area contributed by atoms with Gasteiger partial charge in [-0.3, -0.25) is 0 Å². The van der Waals surface area contributed by atoms with Gasteiger partial charge in [-0.2, -0.15) is 0 Å². The predicted octanol–water partition coefficient (Wildman–Crippen LogP) is 3.77. The SMILES string of the molecule is Cc1csc(CN(C)C(=O)NCC(C)Sc2ccccc2)n1. The number of benzene rings is 1. The Morgan fingerprint density at radius 2 is 2.14 bits per heavy atom. The molecule has 2 amide bonds. The topological polar surface area (TPSA) is 45.2 Å². The number of urea groups is 1. The molecule has 0 spiro atoms. The number of hydrogen-bond acceptors (Lipinski definition) is 4. The molecule has 1 aromatic heterocycles. The van der Waals surface area contributed by atoms with E-state index in [1.54, 1.807) is 35.0 Å². The van der Waals surface area contributed by atoms with E-state index in [0.717, 1.165) is 10.7 Å². The van der Waals surface area contributed by atoms with E-state index in [1.807, 2.05) is 30.5 Å². The van der Waals surface area contributed by atoms with Crippen LogP contribution in [0.4, 0.5) is 4.79 Å². The number of thioether (sulfide) groups is 1. The average Bonchev–Trinajstić information content (AvgIpc) is 2.91. The molecule has 0 aliphatic heterocycles. The van der Waals surface area contributed by atoms with Crippen LogP contribution in [0, 0.1) is 6.92 Å². The maximum Gasteiger partial charge on any atom is 0.317 e. The zero-order chi connectivity index (χ0) is 15.9. The second-order valence-electron chi connectivity index (χ2n) is 5.17. The van der Waals surface area contributed by atoms with E-state index in [0.29, 0.717) is 18.3 Å². The second kappa shape index (κ2) is 8.19. The van der Waals surface area contributed by atoms with Gasteiger partial charge in [0.05, 0.1) is 6.54 Å². The molecule has 0 saturated heterocycles. The number of carbonyl (C=O) groups excluding carboxylic acids is 1. The van der Waals surface area contributed by atoms with Gasteiger partial charge in [0.25, 0.3) is 0 Å². The summed E-state index contributed by atoms with van der Waals surface area (Å²) in [6, 6.07) is 10.2. The van der Waals surface area contributed by atoms with Crippen molar-refractivity contribution in [1.82, 2.24) is 15.2 Å². The Balaban J connectivity index is 1.74. The first-order valence-electron chi connectivity index (χ1n) is 7.16. The molecule has 0 aliphatic rings. The number of hydrogen-bond donors (Lipinski definition) is 1. The van der Waals surface area contributed by atoms with Crippen LogP contribution in [-0.2, 0) is 6.54 Å². The summed E-state index contributed by atoms with van der Waals surface area (Å²) >= 11 is 3.35. The third kappa shape index (κ3) is 5.35. The normalized spacial score (nSPS) is 12.0. The highest BCUT2D eigenvalue weighted by Crippen LogP contribution is 2.22. The number of aryl methyl sites for hydroxylation is 1. The van der Waals surface area contributed by atoms with Crippen LogP contribution in [0.2, 0.25) is 0 Å². The van der Waals surface area contributed by atoms with Gasteiger partial charge in [0.15, 0.2) is 0 Å². The van der Waals surface area contributed by atoms with E-state index < -0.39 is 0 Å². The van der Waals surface area contributed by atoms with Crippen LogP contribution < -0.4 is 5.32 Å². The third-order valence-corrected chi connectivity index (χ3v) is 5.07. The second-order valence-corrected chi connectivity index (χ2v) is 7.62. The zero-order valence-electron chi connectivity index (χ0n) is 13.1. The maximum absolute atomic E-state index is 12.1. The third-order valence-electron chi connectivity index (χ3n) is 3.01. The Kier molecular flexibility index (Phi) is 6.27. The van der Waals surface area contributed by atoms with Gasteiger partial charge < -0.3 is 10.2 Å². The lowest BCUT2D eigenvalue weighted by atomic mass is 10.4. The van der Waals surface area contributed by atoms with Crippen LogP contribution in [0.3, 0.4) is 0 Å². The maximum atomic E-state index is 12.1. The number of thiazole rings is 1. The molecular weight excluding hydrogens is 314 g/mol. The summed E-state index contributed by atoms with van der Waals surface area (Å²) in [5.41, 5.74) is 1.00. The Morgan fingerprint density at radius 3 is 2.77 bits per heavy atom. The summed E-state index contributed by atoms with van der Waals surface area (Å²) < 4.78 is 0. The van der Waals surface area contributed by atoms with Crippen molar-refractivity contribution in [3.8, 4) is 0 Å². The Bertz CT molecular complexity index is 600. The van der Waals surface area contributed by atoms with Crippen LogP contribution in [0.5, 0.6) is 0 Å². The lowest BCUT2D eigenvalue weighted by Gasteiger charge is -2.18. The van der Waals surface area contributed by atoms with Gasteiger partial charge in [0, 0.05) is 34.8 Å². The number of nitrogens with zero attached hydrogens (tertiary/aromatic N) is 2. The molecule has 1 unspecified atom stereocenters. The highest BCUT2D eigenvalue weighted by Gasteiger charge is 2.12. The van der Waals surface area contributed by atoms with Gasteiger partial charge in [-0.1, -0.05) is 25.1 Å². The van der Waals surface area contributed by atoms with Gasteiger partial charge >= 0.3 is 6.03 Å². The molecule has 4 nitrogen and oxygen atoms in total. The minimum Gasteiger partial charge on any atom is -0.337 e. The summed E-state index contributed by atoms with van der Waals surface area (Å²) in [7, 11) is 1.79. The van der Waals surface area contributed by atoms with E-state index in [-0.39, 0.29) is 6.03 Å². The summed E-state index contributed by atoms with van der Waals surface area (Å²) in [6.45, 7) is 5.26. The Hall–Kier alpha value is -1.53. The quantitative estimate of drug-likeness (QED) is 0.817. The first kappa shape index (κ1) is 16.8. The number of carbonyl (C=O) groups is 1. The first-order valence-corrected chi connectivity index (χ1v) is 8.92. The van der Waals surface area contributed by atoms with Gasteiger partial charge in [0.2, 0.25) is 0 Å². The molecule has 1 N–H and O–H groups in total. The Morgan fingerprint density at radius 1 is 1.41 bits per heavy atom. The van der Waals surface area contributed by atoms with E-state index in [9.17, 15) is 4.79 Å². The fourth-order valence-electron chi connectivity index (χ4n) is 1.89. The smallest absolute Gasteiger partial charge is 0.317 e. The van der Waals surface area contributed by atoms with Gasteiger partial charge in [0.1, 0.15) is 5.01 Å². The predicted molar refractivity (Wildman–Crippen MR) is 93.5 cm³/mol. The summed E-state index contributed by atoms with van der Waals surface area (Å²) in [6.07, 6.45) is 0. The number of rotatable bonds is 6. The summed E-state index contributed by atoms with van der Waals surface area (Å²) in [4.78, 5) is 19.4. The number of aromatic nitrogens is 1. The Labute approximate surface area is 139 Å². The van der Waals surface area contributed by atoms with Crippen LogP contribution in [-0.4, -0.2) is 34.8 Å². The van der Waals surface area contributed by atoms with E-state index in [4.69, 9.17) is 0 Å². The van der Waals surface area contributed by atoms with Crippen LogP contribution in [0.15, 0.2) is 40.6 Å². The van der Waals surface area contributed by atoms with E-state index in [2.05, 4.69) is 29.4 Å². The molecule has 22 heavy (non-hydrogen) atoms. The van der Waals surface area contributed by atoms with Gasteiger partial charge in [-0.25, -0.2) is 9.78 Å². The van der Waals surface area contributed by atoms with Crippen LogP contribution in [0.1, 0.15) is 17.6 Å². The molecule has 2 rings (SSSR count). The monoisotopic (exact) mass is 335 g/mol. The number of amides is 2.